The van der Waals surface area contributed by atoms with Crippen LogP contribution in [0.15, 0.2) is 0 Å². The molecule has 1 aliphatic rings. The van der Waals surface area contributed by atoms with Crippen LogP contribution in [0.2, 0.25) is 0 Å². The number of rotatable bonds is 4. The molecule has 1 aliphatic carbocycles. The Bertz CT molecular complexity index is 269. The molecule has 1 N–H and O–H groups in total. The molecular formula is C12H21NO3. The Kier molecular flexibility index (Phi) is 4.33. The van der Waals surface area contributed by atoms with E-state index in [1.807, 2.05) is 6.92 Å². The summed E-state index contributed by atoms with van der Waals surface area (Å²) < 4.78 is 4.59. The van der Waals surface area contributed by atoms with Gasteiger partial charge in [-0.25, -0.2) is 4.79 Å². The molecule has 4 nitrogen and oxygen atoms in total. The van der Waals surface area contributed by atoms with E-state index in [4.69, 9.17) is 0 Å². The highest BCUT2D eigenvalue weighted by atomic mass is 16.5. The molecule has 0 spiro atoms. The van der Waals surface area contributed by atoms with Crippen molar-refractivity contribution in [3.05, 3.63) is 0 Å². The van der Waals surface area contributed by atoms with E-state index in [0.29, 0.717) is 0 Å². The van der Waals surface area contributed by atoms with E-state index in [2.05, 4.69) is 10.1 Å². The van der Waals surface area contributed by atoms with Crippen LogP contribution in [-0.4, -0.2) is 25.0 Å². The zero-order valence-corrected chi connectivity index (χ0v) is 10.3. The average molecular weight is 227 g/mol. The smallest absolute Gasteiger partial charge is 0.328 e. The van der Waals surface area contributed by atoms with Crippen LogP contribution in [0.5, 0.6) is 0 Å². The number of methoxy groups -OCH3 is 1. The van der Waals surface area contributed by atoms with Crippen molar-refractivity contribution in [2.75, 3.05) is 7.11 Å². The number of nitrogens with one attached hydrogen (secondary N) is 1. The lowest BCUT2D eigenvalue weighted by Crippen LogP contribution is -2.46. The summed E-state index contributed by atoms with van der Waals surface area (Å²) in [6.07, 6.45) is 4.92. The molecule has 1 saturated carbocycles. The first-order valence-electron chi connectivity index (χ1n) is 5.94. The van der Waals surface area contributed by atoms with E-state index in [1.165, 1.54) is 7.11 Å². The molecule has 4 heteroatoms. The van der Waals surface area contributed by atoms with Gasteiger partial charge in [-0.05, 0) is 26.2 Å². The van der Waals surface area contributed by atoms with Gasteiger partial charge in [-0.3, -0.25) is 4.79 Å². The monoisotopic (exact) mass is 227 g/mol. The third kappa shape index (κ3) is 2.54. The summed E-state index contributed by atoms with van der Waals surface area (Å²) in [6, 6.07) is -0.554. The van der Waals surface area contributed by atoms with Crippen molar-refractivity contribution < 1.29 is 14.3 Å². The molecule has 0 aliphatic heterocycles. The molecule has 1 atom stereocenters. The fraction of sp³-hybridized carbons (Fsp3) is 0.833. The highest BCUT2D eigenvalue weighted by Gasteiger charge is 2.40. The van der Waals surface area contributed by atoms with Crippen LogP contribution in [0, 0.1) is 5.41 Å². The lowest BCUT2D eigenvalue weighted by molar-refractivity contribution is -0.146. The maximum atomic E-state index is 12.1. The van der Waals surface area contributed by atoms with Gasteiger partial charge >= 0.3 is 5.97 Å². The molecule has 0 bridgehead atoms. The van der Waals surface area contributed by atoms with Crippen LogP contribution in [0.3, 0.4) is 0 Å². The van der Waals surface area contributed by atoms with Gasteiger partial charge in [-0.1, -0.05) is 19.8 Å². The summed E-state index contributed by atoms with van der Waals surface area (Å²) in [7, 11) is 1.33. The zero-order chi connectivity index (χ0) is 12.2. The molecule has 0 saturated heterocycles. The molecule has 1 unspecified atom stereocenters. The van der Waals surface area contributed by atoms with E-state index in [1.54, 1.807) is 6.92 Å². The van der Waals surface area contributed by atoms with Crippen LogP contribution in [0.4, 0.5) is 0 Å². The van der Waals surface area contributed by atoms with Crippen LogP contribution >= 0.6 is 0 Å². The van der Waals surface area contributed by atoms with Crippen LogP contribution in [0.25, 0.3) is 0 Å². The lowest BCUT2D eigenvalue weighted by atomic mass is 9.82. The number of carbonyl (C=O) groups is 2. The maximum absolute atomic E-state index is 12.1. The first-order valence-corrected chi connectivity index (χ1v) is 5.94. The van der Waals surface area contributed by atoms with Gasteiger partial charge in [0.05, 0.1) is 7.11 Å². The number of carbonyl (C=O) groups excluding carboxylic acids is 2. The van der Waals surface area contributed by atoms with Crippen molar-refractivity contribution in [1.82, 2.24) is 5.32 Å². The molecule has 0 aromatic heterocycles. The Labute approximate surface area is 96.7 Å². The average Bonchev–Trinajstić information content (AvgIpc) is 2.77. The van der Waals surface area contributed by atoms with Crippen molar-refractivity contribution in [3.63, 3.8) is 0 Å². The number of hydrogen-bond donors (Lipinski definition) is 1. The molecule has 92 valence electrons. The van der Waals surface area contributed by atoms with E-state index in [9.17, 15) is 9.59 Å². The van der Waals surface area contributed by atoms with Gasteiger partial charge in [-0.2, -0.15) is 0 Å². The predicted molar refractivity (Wildman–Crippen MR) is 60.8 cm³/mol. The van der Waals surface area contributed by atoms with E-state index >= 15 is 0 Å². The number of esters is 1. The highest BCUT2D eigenvalue weighted by Crippen LogP contribution is 2.41. The first kappa shape index (κ1) is 13.0. The Morgan fingerprint density at radius 2 is 1.94 bits per heavy atom. The quantitative estimate of drug-likeness (QED) is 0.743. The molecule has 0 radical (unpaired) electrons. The lowest BCUT2D eigenvalue weighted by Gasteiger charge is -2.27. The topological polar surface area (TPSA) is 55.4 Å². The fourth-order valence-electron chi connectivity index (χ4n) is 2.38. The highest BCUT2D eigenvalue weighted by molar-refractivity contribution is 5.87. The van der Waals surface area contributed by atoms with E-state index in [0.717, 1.165) is 32.1 Å². The second-order valence-corrected chi connectivity index (χ2v) is 4.56. The van der Waals surface area contributed by atoms with Gasteiger partial charge in [0.25, 0.3) is 0 Å². The fourth-order valence-corrected chi connectivity index (χ4v) is 2.38. The van der Waals surface area contributed by atoms with Crippen LogP contribution < -0.4 is 5.32 Å². The second-order valence-electron chi connectivity index (χ2n) is 4.56. The minimum Gasteiger partial charge on any atom is -0.467 e. The minimum absolute atomic E-state index is 0.00500. The predicted octanol–water partition coefficient (Wildman–Crippen LogP) is 1.63. The summed E-state index contributed by atoms with van der Waals surface area (Å²) in [5.41, 5.74) is -0.248. The van der Waals surface area contributed by atoms with Crippen molar-refractivity contribution >= 4 is 11.9 Å². The summed E-state index contributed by atoms with van der Waals surface area (Å²) in [5.74, 6) is -0.386. The van der Waals surface area contributed by atoms with Gasteiger partial charge in [0.15, 0.2) is 0 Å². The largest absolute Gasteiger partial charge is 0.467 e. The summed E-state index contributed by atoms with van der Waals surface area (Å²) in [6.45, 7) is 3.69. The maximum Gasteiger partial charge on any atom is 0.328 e. The molecule has 0 heterocycles. The first-order chi connectivity index (χ1) is 7.55. The Balaban J connectivity index is 2.60. The zero-order valence-electron chi connectivity index (χ0n) is 10.3. The third-order valence-corrected chi connectivity index (χ3v) is 3.62. The Hall–Kier alpha value is -1.06. The Morgan fingerprint density at radius 3 is 2.38 bits per heavy atom. The van der Waals surface area contributed by atoms with Crippen molar-refractivity contribution in [2.24, 2.45) is 5.41 Å². The number of amides is 1. The second kappa shape index (κ2) is 5.32. The van der Waals surface area contributed by atoms with Gasteiger partial charge in [0.2, 0.25) is 5.91 Å². The van der Waals surface area contributed by atoms with Gasteiger partial charge in [-0.15, -0.1) is 0 Å². The number of hydrogen-bond acceptors (Lipinski definition) is 3. The summed E-state index contributed by atoms with van der Waals surface area (Å²) in [5, 5.41) is 2.75. The molecule has 1 fully saturated rings. The van der Waals surface area contributed by atoms with Crippen molar-refractivity contribution in [3.8, 4) is 0 Å². The summed E-state index contributed by atoms with van der Waals surface area (Å²) in [4.78, 5) is 23.3. The van der Waals surface area contributed by atoms with Crippen molar-refractivity contribution in [1.29, 1.82) is 0 Å². The molecule has 0 aromatic rings. The molecule has 0 aromatic carbocycles. The molecule has 16 heavy (non-hydrogen) atoms. The van der Waals surface area contributed by atoms with Crippen molar-refractivity contribution in [2.45, 2.75) is 52.0 Å². The molecular weight excluding hydrogens is 206 g/mol. The van der Waals surface area contributed by atoms with Crippen LogP contribution in [-0.2, 0) is 14.3 Å². The molecule has 1 rings (SSSR count). The summed E-state index contributed by atoms with van der Waals surface area (Å²) >= 11 is 0. The van der Waals surface area contributed by atoms with Gasteiger partial charge in [0, 0.05) is 5.41 Å². The Morgan fingerprint density at radius 1 is 1.38 bits per heavy atom. The minimum atomic E-state index is -0.554. The van der Waals surface area contributed by atoms with Gasteiger partial charge in [0.1, 0.15) is 6.04 Å². The van der Waals surface area contributed by atoms with E-state index in [-0.39, 0.29) is 11.3 Å². The van der Waals surface area contributed by atoms with Crippen LogP contribution in [0.1, 0.15) is 46.0 Å². The molecule has 1 amide bonds. The number of ether oxygens (including phenoxy) is 1. The third-order valence-electron chi connectivity index (χ3n) is 3.62. The van der Waals surface area contributed by atoms with E-state index < -0.39 is 12.0 Å². The standard InChI is InChI=1S/C12H21NO3/c1-4-12(7-5-6-8-12)11(15)13-9(2)10(14)16-3/h9H,4-8H2,1-3H3,(H,13,15). The van der Waals surface area contributed by atoms with Gasteiger partial charge < -0.3 is 10.1 Å². The SMILES string of the molecule is CCC1(C(=O)NC(C)C(=O)OC)CCCC1. The normalized spacial score (nSPS) is 20.2.